The maximum Gasteiger partial charge on any atom is 0.254 e. The van der Waals surface area contributed by atoms with E-state index < -0.39 is 11.5 Å². The highest BCUT2D eigenvalue weighted by atomic mass is 16.5. The molecule has 1 aromatic heterocycles. The molecule has 20 heavy (non-hydrogen) atoms. The van der Waals surface area contributed by atoms with Crippen LogP contribution < -0.4 is 11.5 Å². The predicted octanol–water partition coefficient (Wildman–Crippen LogP) is 1.66. The Morgan fingerprint density at radius 3 is 2.25 bits per heavy atom. The Morgan fingerprint density at radius 1 is 1.20 bits per heavy atom. The molecule has 6 nitrogen and oxygen atoms in total. The van der Waals surface area contributed by atoms with Crippen molar-refractivity contribution < 1.29 is 9.53 Å². The van der Waals surface area contributed by atoms with E-state index in [0.717, 1.165) is 25.7 Å². The number of anilines is 1. The Hall–Kier alpha value is -1.69. The average Bonchev–Trinajstić information content (AvgIpc) is 2.63. The van der Waals surface area contributed by atoms with Gasteiger partial charge in [-0.05, 0) is 19.8 Å². The van der Waals surface area contributed by atoms with Gasteiger partial charge >= 0.3 is 0 Å². The Morgan fingerprint density at radius 2 is 1.80 bits per heavy atom. The van der Waals surface area contributed by atoms with Gasteiger partial charge in [0.15, 0.2) is 5.82 Å². The molecular weight excluding hydrogens is 256 g/mol. The summed E-state index contributed by atoms with van der Waals surface area (Å²) in [5.41, 5.74) is 11.4. The van der Waals surface area contributed by atoms with Crippen molar-refractivity contribution in [3.8, 4) is 0 Å². The Labute approximate surface area is 118 Å². The highest BCUT2D eigenvalue weighted by Gasteiger charge is 2.36. The second-order valence-electron chi connectivity index (χ2n) is 5.37. The van der Waals surface area contributed by atoms with Crippen LogP contribution in [0.2, 0.25) is 0 Å². The average molecular weight is 278 g/mol. The lowest BCUT2D eigenvalue weighted by atomic mass is 9.92. The van der Waals surface area contributed by atoms with Gasteiger partial charge in [-0.2, -0.15) is 0 Å². The van der Waals surface area contributed by atoms with E-state index in [1.54, 1.807) is 14.0 Å². The van der Waals surface area contributed by atoms with Crippen molar-refractivity contribution in [2.45, 2.75) is 51.0 Å². The summed E-state index contributed by atoms with van der Waals surface area (Å²) < 4.78 is 5.76. The van der Waals surface area contributed by atoms with Crippen LogP contribution in [0.15, 0.2) is 0 Å². The number of hydrogen-bond donors (Lipinski definition) is 2. The number of aryl methyl sites for hydroxylation is 1. The molecule has 110 valence electrons. The predicted molar refractivity (Wildman–Crippen MR) is 76.1 cm³/mol. The molecular formula is C14H22N4O2. The van der Waals surface area contributed by atoms with E-state index in [4.69, 9.17) is 16.2 Å². The minimum atomic E-state index is -0.598. The maximum atomic E-state index is 11.4. The van der Waals surface area contributed by atoms with Gasteiger partial charge in [0.25, 0.3) is 5.91 Å². The van der Waals surface area contributed by atoms with E-state index in [-0.39, 0.29) is 11.4 Å². The number of carbonyl (C=O) groups excluding carboxylic acids is 1. The molecule has 0 radical (unpaired) electrons. The van der Waals surface area contributed by atoms with Crippen LogP contribution in [-0.4, -0.2) is 23.0 Å². The summed E-state index contributed by atoms with van der Waals surface area (Å²) in [5, 5.41) is 0. The van der Waals surface area contributed by atoms with E-state index >= 15 is 0 Å². The molecule has 0 aromatic carbocycles. The molecule has 1 aliphatic rings. The van der Waals surface area contributed by atoms with E-state index in [2.05, 4.69) is 9.97 Å². The van der Waals surface area contributed by atoms with Crippen molar-refractivity contribution in [2.24, 2.45) is 5.73 Å². The standard InChI is InChI=1S/C14H22N4O2/c1-9-10(12(16)19)11(15)18-13(17-9)14(20-2)7-5-3-4-6-8-14/h3-8H2,1-2H3,(H2,16,19)(H2,15,17,18). The van der Waals surface area contributed by atoms with E-state index in [1.807, 2.05) is 0 Å². The number of aromatic nitrogens is 2. The zero-order chi connectivity index (χ0) is 14.8. The summed E-state index contributed by atoms with van der Waals surface area (Å²) in [6.07, 6.45) is 6.29. The van der Waals surface area contributed by atoms with E-state index in [0.29, 0.717) is 11.5 Å². The summed E-state index contributed by atoms with van der Waals surface area (Å²) >= 11 is 0. The van der Waals surface area contributed by atoms with Gasteiger partial charge in [0.05, 0.1) is 5.69 Å². The van der Waals surface area contributed by atoms with E-state index in [1.165, 1.54) is 12.8 Å². The zero-order valence-corrected chi connectivity index (χ0v) is 12.1. The number of hydrogen-bond acceptors (Lipinski definition) is 5. The number of nitrogen functional groups attached to an aromatic ring is 1. The molecule has 1 amide bonds. The lowest BCUT2D eigenvalue weighted by Gasteiger charge is -2.30. The fourth-order valence-corrected chi connectivity index (χ4v) is 2.92. The molecule has 1 aliphatic carbocycles. The number of rotatable bonds is 3. The third kappa shape index (κ3) is 2.60. The number of nitrogens with zero attached hydrogens (tertiary/aromatic N) is 2. The lowest BCUT2D eigenvalue weighted by Crippen LogP contribution is -2.32. The molecule has 1 saturated carbocycles. The van der Waals surface area contributed by atoms with Crippen molar-refractivity contribution in [3.63, 3.8) is 0 Å². The quantitative estimate of drug-likeness (QED) is 0.818. The molecule has 0 spiro atoms. The number of methoxy groups -OCH3 is 1. The second kappa shape index (κ2) is 5.75. The van der Waals surface area contributed by atoms with E-state index in [9.17, 15) is 4.79 Å². The van der Waals surface area contributed by atoms with Crippen LogP contribution in [0, 0.1) is 6.92 Å². The molecule has 6 heteroatoms. The molecule has 1 aromatic rings. The molecule has 0 atom stereocenters. The number of primary amides is 1. The number of amides is 1. The summed E-state index contributed by atoms with van der Waals surface area (Å²) in [4.78, 5) is 20.1. The van der Waals surface area contributed by atoms with Gasteiger partial charge < -0.3 is 16.2 Å². The molecule has 0 aliphatic heterocycles. The van der Waals surface area contributed by atoms with Crippen molar-refractivity contribution in [2.75, 3.05) is 12.8 Å². The molecule has 1 fully saturated rings. The van der Waals surface area contributed by atoms with Gasteiger partial charge in [0, 0.05) is 7.11 Å². The highest BCUT2D eigenvalue weighted by Crippen LogP contribution is 2.37. The first-order valence-electron chi connectivity index (χ1n) is 7.00. The summed E-state index contributed by atoms with van der Waals surface area (Å²) in [7, 11) is 1.68. The number of carbonyl (C=O) groups is 1. The molecule has 1 heterocycles. The number of nitrogens with two attached hydrogens (primary N) is 2. The van der Waals surface area contributed by atoms with Crippen LogP contribution in [-0.2, 0) is 10.3 Å². The van der Waals surface area contributed by atoms with Gasteiger partial charge in [-0.15, -0.1) is 0 Å². The first kappa shape index (κ1) is 14.7. The molecule has 0 unspecified atom stereocenters. The molecule has 2 rings (SSSR count). The topological polar surface area (TPSA) is 104 Å². The van der Waals surface area contributed by atoms with Crippen LogP contribution in [0.4, 0.5) is 5.82 Å². The number of ether oxygens (including phenoxy) is 1. The largest absolute Gasteiger partial charge is 0.383 e. The van der Waals surface area contributed by atoms with Gasteiger partial charge in [-0.25, -0.2) is 9.97 Å². The first-order chi connectivity index (χ1) is 9.50. The van der Waals surface area contributed by atoms with Crippen LogP contribution in [0.5, 0.6) is 0 Å². The Bertz CT molecular complexity index is 485. The summed E-state index contributed by atoms with van der Waals surface area (Å²) in [6, 6.07) is 0. The Kier molecular flexibility index (Phi) is 4.23. The summed E-state index contributed by atoms with van der Waals surface area (Å²) in [5.74, 6) is 0.112. The molecule has 4 N–H and O–H groups in total. The van der Waals surface area contributed by atoms with Crippen molar-refractivity contribution >= 4 is 11.7 Å². The third-order valence-electron chi connectivity index (χ3n) is 4.07. The summed E-state index contributed by atoms with van der Waals surface area (Å²) in [6.45, 7) is 1.72. The minimum Gasteiger partial charge on any atom is -0.383 e. The van der Waals surface area contributed by atoms with Crippen molar-refractivity contribution in [3.05, 3.63) is 17.1 Å². The van der Waals surface area contributed by atoms with Gasteiger partial charge in [0.2, 0.25) is 0 Å². The van der Waals surface area contributed by atoms with Gasteiger partial charge in [0.1, 0.15) is 17.0 Å². The third-order valence-corrected chi connectivity index (χ3v) is 4.07. The molecule has 0 bridgehead atoms. The normalized spacial score (nSPS) is 18.5. The van der Waals surface area contributed by atoms with Gasteiger partial charge in [-0.3, -0.25) is 4.79 Å². The zero-order valence-electron chi connectivity index (χ0n) is 12.1. The van der Waals surface area contributed by atoms with Gasteiger partial charge in [-0.1, -0.05) is 25.7 Å². The van der Waals surface area contributed by atoms with Crippen molar-refractivity contribution in [1.29, 1.82) is 0 Å². The lowest BCUT2D eigenvalue weighted by molar-refractivity contribution is -0.0351. The minimum absolute atomic E-state index is 0.140. The van der Waals surface area contributed by atoms with Crippen LogP contribution >= 0.6 is 0 Å². The first-order valence-corrected chi connectivity index (χ1v) is 7.00. The van der Waals surface area contributed by atoms with Crippen LogP contribution in [0.1, 0.15) is 60.4 Å². The molecule has 0 saturated heterocycles. The van der Waals surface area contributed by atoms with Crippen LogP contribution in [0.25, 0.3) is 0 Å². The fourth-order valence-electron chi connectivity index (χ4n) is 2.92. The highest BCUT2D eigenvalue weighted by molar-refractivity contribution is 5.98. The monoisotopic (exact) mass is 278 g/mol. The van der Waals surface area contributed by atoms with Crippen LogP contribution in [0.3, 0.4) is 0 Å². The maximum absolute atomic E-state index is 11.4. The smallest absolute Gasteiger partial charge is 0.254 e. The van der Waals surface area contributed by atoms with Crippen molar-refractivity contribution in [1.82, 2.24) is 9.97 Å². The Balaban J connectivity index is 2.47. The fraction of sp³-hybridized carbons (Fsp3) is 0.643. The SMILES string of the molecule is COC1(c2nc(C)c(C(N)=O)c(N)n2)CCCCCC1. The second-order valence-corrected chi connectivity index (χ2v) is 5.37.